The van der Waals surface area contributed by atoms with Crippen LogP contribution in [0.25, 0.3) is 6.08 Å². The van der Waals surface area contributed by atoms with Crippen LogP contribution < -0.4 is 4.74 Å². The van der Waals surface area contributed by atoms with E-state index in [-0.39, 0.29) is 20.5 Å². The summed E-state index contributed by atoms with van der Waals surface area (Å²) < 4.78 is 5.24. The van der Waals surface area contributed by atoms with Crippen LogP contribution in [0.15, 0.2) is 47.4 Å². The molecule has 1 amide bonds. The number of aliphatic carboxylic acids is 1. The first kappa shape index (κ1) is 23.5. The van der Waals surface area contributed by atoms with Gasteiger partial charge in [-0.3, -0.25) is 34.7 Å². The Bertz CT molecular complexity index is 1210. The maximum absolute atomic E-state index is 12.3. The molecule has 0 aliphatic carbocycles. The number of nitro benzene ring substituents is 2. The summed E-state index contributed by atoms with van der Waals surface area (Å²) in [4.78, 5) is 56.9. The third kappa shape index (κ3) is 5.55. The van der Waals surface area contributed by atoms with E-state index in [1.807, 2.05) is 0 Å². The Kier molecular flexibility index (Phi) is 6.79. The molecule has 0 unspecified atom stereocenters. The van der Waals surface area contributed by atoms with E-state index in [0.29, 0.717) is 5.56 Å². The van der Waals surface area contributed by atoms with Crippen LogP contribution in [-0.4, -0.2) is 48.6 Å². The Balaban J connectivity index is 1.76. The zero-order valence-electron chi connectivity index (χ0n) is 16.2. The second-order valence-corrected chi connectivity index (χ2v) is 8.05. The normalized spacial score (nSPS) is 14.4. The molecule has 12 nitrogen and oxygen atoms in total. The van der Waals surface area contributed by atoms with Gasteiger partial charge in [-0.15, -0.1) is 0 Å². The first-order chi connectivity index (χ1) is 15.5. The molecule has 0 spiro atoms. The van der Waals surface area contributed by atoms with Gasteiger partial charge in [0.2, 0.25) is 0 Å². The molecule has 2 aromatic carbocycles. The van der Waals surface area contributed by atoms with Crippen LogP contribution in [-0.2, 0) is 9.59 Å². The van der Waals surface area contributed by atoms with Crippen molar-refractivity contribution in [2.24, 2.45) is 0 Å². The summed E-state index contributed by atoms with van der Waals surface area (Å²) in [6, 6.07) is 8.22. The molecule has 1 aliphatic rings. The van der Waals surface area contributed by atoms with Crippen LogP contribution in [0, 0.1) is 20.2 Å². The fourth-order valence-corrected chi connectivity index (χ4v) is 3.90. The summed E-state index contributed by atoms with van der Waals surface area (Å²) in [6.07, 6.45) is 1.48. The number of nitrogens with zero attached hydrogens (tertiary/aromatic N) is 3. The summed E-state index contributed by atoms with van der Waals surface area (Å²) in [5.41, 5.74) is -1.11. The molecule has 0 bridgehead atoms. The summed E-state index contributed by atoms with van der Waals surface area (Å²) in [7, 11) is 0. The average Bonchev–Trinajstić information content (AvgIpc) is 3.01. The van der Waals surface area contributed by atoms with Crippen molar-refractivity contribution in [1.82, 2.24) is 4.90 Å². The van der Waals surface area contributed by atoms with E-state index in [4.69, 9.17) is 22.1 Å². The highest BCUT2D eigenvalue weighted by Crippen LogP contribution is 2.32. The minimum absolute atomic E-state index is 0.0461. The summed E-state index contributed by atoms with van der Waals surface area (Å²) in [5.74, 6) is -2.74. The lowest BCUT2D eigenvalue weighted by Crippen LogP contribution is -2.33. The number of carbonyl (C=O) groups is 3. The Morgan fingerprint density at radius 3 is 2.18 bits per heavy atom. The Morgan fingerprint density at radius 2 is 1.67 bits per heavy atom. The molecule has 1 N–H and O–H groups in total. The highest BCUT2D eigenvalue weighted by molar-refractivity contribution is 8.26. The number of rotatable bonds is 7. The summed E-state index contributed by atoms with van der Waals surface area (Å²) >= 11 is 5.96. The van der Waals surface area contributed by atoms with Gasteiger partial charge in [0.25, 0.3) is 17.3 Å². The number of thioether (sulfide) groups is 1. The molecule has 0 atom stereocenters. The molecular weight excluding hydrogens is 478 g/mol. The number of hydrogen-bond acceptors (Lipinski definition) is 10. The fourth-order valence-electron chi connectivity index (χ4n) is 2.64. The molecule has 1 heterocycles. The molecule has 0 radical (unpaired) electrons. The van der Waals surface area contributed by atoms with E-state index < -0.39 is 45.6 Å². The molecule has 33 heavy (non-hydrogen) atoms. The predicted octanol–water partition coefficient (Wildman–Crippen LogP) is 3.01. The zero-order chi connectivity index (χ0) is 24.3. The third-order valence-corrected chi connectivity index (χ3v) is 5.49. The van der Waals surface area contributed by atoms with Crippen molar-refractivity contribution in [3.63, 3.8) is 0 Å². The number of hydrogen-bond donors (Lipinski definition) is 1. The van der Waals surface area contributed by atoms with E-state index >= 15 is 0 Å². The standard InChI is InChI=1S/C19H11N3O9S2/c23-16(24)9-20-17(25)15(33-19(20)32)5-10-1-3-14(4-2-10)31-18(26)11-6-12(21(27)28)8-13(7-11)22(29)30/h1-8H,9H2,(H,23,24). The number of benzene rings is 2. The predicted molar refractivity (Wildman–Crippen MR) is 119 cm³/mol. The maximum Gasteiger partial charge on any atom is 0.344 e. The zero-order valence-corrected chi connectivity index (χ0v) is 17.8. The molecule has 2 aromatic rings. The number of thiocarbonyl (C=S) groups is 1. The second-order valence-electron chi connectivity index (χ2n) is 6.37. The molecule has 1 fully saturated rings. The first-order valence-electron chi connectivity index (χ1n) is 8.78. The van der Waals surface area contributed by atoms with Crippen molar-refractivity contribution >= 4 is 63.6 Å². The van der Waals surface area contributed by atoms with Gasteiger partial charge in [0.1, 0.15) is 16.6 Å². The highest BCUT2D eigenvalue weighted by atomic mass is 32.2. The highest BCUT2D eigenvalue weighted by Gasteiger charge is 2.33. The number of esters is 1. The van der Waals surface area contributed by atoms with E-state index in [9.17, 15) is 34.6 Å². The van der Waals surface area contributed by atoms with Gasteiger partial charge in [0, 0.05) is 12.1 Å². The van der Waals surface area contributed by atoms with Crippen LogP contribution in [0.5, 0.6) is 5.75 Å². The SMILES string of the molecule is O=C(O)CN1C(=O)C(=Cc2ccc(OC(=O)c3cc([N+](=O)[O-])cc([N+](=O)[O-])c3)cc2)SC1=S. The lowest BCUT2D eigenvalue weighted by molar-refractivity contribution is -0.394. The Labute approximate surface area is 193 Å². The van der Waals surface area contributed by atoms with Gasteiger partial charge >= 0.3 is 11.9 Å². The lowest BCUT2D eigenvalue weighted by Gasteiger charge is -2.10. The number of carboxylic acid groups (broad SMARTS) is 1. The smallest absolute Gasteiger partial charge is 0.344 e. The molecular formula is C19H11N3O9S2. The number of carbonyl (C=O) groups excluding carboxylic acids is 2. The molecule has 1 saturated heterocycles. The number of amides is 1. The minimum atomic E-state index is -1.20. The van der Waals surface area contributed by atoms with Crippen molar-refractivity contribution in [1.29, 1.82) is 0 Å². The molecule has 1 aliphatic heterocycles. The molecule has 14 heteroatoms. The van der Waals surface area contributed by atoms with Crippen LogP contribution >= 0.6 is 24.0 Å². The van der Waals surface area contributed by atoms with Gasteiger partial charge in [-0.1, -0.05) is 36.1 Å². The molecule has 3 rings (SSSR count). The van der Waals surface area contributed by atoms with E-state index in [1.165, 1.54) is 30.3 Å². The van der Waals surface area contributed by atoms with Crippen molar-refractivity contribution in [3.05, 3.63) is 78.7 Å². The second kappa shape index (κ2) is 9.54. The van der Waals surface area contributed by atoms with E-state index in [1.54, 1.807) is 0 Å². The van der Waals surface area contributed by atoms with Gasteiger partial charge in [-0.05, 0) is 23.8 Å². The van der Waals surface area contributed by atoms with Gasteiger partial charge in [0.15, 0.2) is 0 Å². The first-order valence-corrected chi connectivity index (χ1v) is 10.0. The Morgan fingerprint density at radius 1 is 1.09 bits per heavy atom. The van der Waals surface area contributed by atoms with Gasteiger partial charge in [0.05, 0.1) is 26.4 Å². The van der Waals surface area contributed by atoms with Gasteiger partial charge < -0.3 is 9.84 Å². The van der Waals surface area contributed by atoms with Crippen LogP contribution in [0.3, 0.4) is 0 Å². The van der Waals surface area contributed by atoms with Crippen LogP contribution in [0.2, 0.25) is 0 Å². The van der Waals surface area contributed by atoms with Gasteiger partial charge in [-0.25, -0.2) is 4.79 Å². The Hall–Kier alpha value is -4.17. The molecule has 0 aromatic heterocycles. The average molecular weight is 489 g/mol. The minimum Gasteiger partial charge on any atom is -0.480 e. The number of nitro groups is 2. The van der Waals surface area contributed by atoms with Crippen molar-refractivity contribution in [2.75, 3.05) is 6.54 Å². The summed E-state index contributed by atoms with van der Waals surface area (Å²) in [6.45, 7) is -0.549. The lowest BCUT2D eigenvalue weighted by atomic mass is 10.1. The van der Waals surface area contributed by atoms with E-state index in [2.05, 4.69) is 0 Å². The van der Waals surface area contributed by atoms with Crippen molar-refractivity contribution < 1.29 is 34.1 Å². The topological polar surface area (TPSA) is 170 Å². The van der Waals surface area contributed by atoms with Crippen LogP contribution in [0.1, 0.15) is 15.9 Å². The summed E-state index contributed by atoms with van der Waals surface area (Å²) in [5, 5.41) is 30.8. The molecule has 168 valence electrons. The van der Waals surface area contributed by atoms with Gasteiger partial charge in [-0.2, -0.15) is 0 Å². The third-order valence-electron chi connectivity index (χ3n) is 4.12. The largest absolute Gasteiger partial charge is 0.480 e. The quantitative estimate of drug-likeness (QED) is 0.151. The van der Waals surface area contributed by atoms with Crippen molar-refractivity contribution in [3.8, 4) is 5.75 Å². The fraction of sp³-hybridized carbons (Fsp3) is 0.0526. The number of carboxylic acids is 1. The van der Waals surface area contributed by atoms with E-state index in [0.717, 1.165) is 34.9 Å². The monoisotopic (exact) mass is 489 g/mol. The number of ether oxygens (including phenoxy) is 1. The molecule has 0 saturated carbocycles. The van der Waals surface area contributed by atoms with Crippen molar-refractivity contribution in [2.45, 2.75) is 0 Å². The maximum atomic E-state index is 12.3. The van der Waals surface area contributed by atoms with Crippen LogP contribution in [0.4, 0.5) is 11.4 Å². The number of non-ortho nitro benzene ring substituents is 2.